The third-order valence-electron chi connectivity index (χ3n) is 3.02. The van der Waals surface area contributed by atoms with Crippen molar-refractivity contribution in [3.63, 3.8) is 0 Å². The zero-order valence-corrected chi connectivity index (χ0v) is 12.1. The molecule has 0 aliphatic carbocycles. The molecule has 0 bridgehead atoms. The van der Waals surface area contributed by atoms with Gasteiger partial charge in [-0.05, 0) is 19.8 Å². The van der Waals surface area contributed by atoms with Crippen molar-refractivity contribution in [3.05, 3.63) is 17.7 Å². The zero-order valence-electron chi connectivity index (χ0n) is 12.1. The number of nitrogens with zero attached hydrogens (tertiary/aromatic N) is 4. The minimum atomic E-state index is 0.342. The summed E-state index contributed by atoms with van der Waals surface area (Å²) < 4.78 is 1.97. The summed E-state index contributed by atoms with van der Waals surface area (Å²) in [4.78, 5) is 9.31. The van der Waals surface area contributed by atoms with Crippen LogP contribution in [-0.4, -0.2) is 19.7 Å². The van der Waals surface area contributed by atoms with E-state index in [1.807, 2.05) is 10.9 Å². The second-order valence-electron chi connectivity index (χ2n) is 5.71. The molecule has 2 aromatic heterocycles. The predicted molar refractivity (Wildman–Crippen MR) is 73.9 cm³/mol. The highest BCUT2D eigenvalue weighted by Crippen LogP contribution is 2.24. The molecule has 0 radical (unpaired) electrons. The van der Waals surface area contributed by atoms with Crippen LogP contribution in [-0.2, 0) is 0 Å². The van der Waals surface area contributed by atoms with E-state index in [1.165, 1.54) is 0 Å². The van der Waals surface area contributed by atoms with Crippen molar-refractivity contribution in [3.8, 4) is 0 Å². The molecule has 0 aromatic carbocycles. The molecule has 98 valence electrons. The topological polar surface area (TPSA) is 43.6 Å². The molecule has 4 heteroatoms. The Labute approximate surface area is 108 Å². The highest BCUT2D eigenvalue weighted by molar-refractivity contribution is 5.76. The van der Waals surface area contributed by atoms with Crippen molar-refractivity contribution >= 4 is 11.0 Å². The molecule has 2 heterocycles. The first-order chi connectivity index (χ1) is 8.40. The first kappa shape index (κ1) is 13.0. The summed E-state index contributed by atoms with van der Waals surface area (Å²) in [6.07, 6.45) is 2.03. The van der Waals surface area contributed by atoms with Crippen LogP contribution in [0.1, 0.15) is 70.9 Å². The highest BCUT2D eigenvalue weighted by Gasteiger charge is 2.16. The summed E-state index contributed by atoms with van der Waals surface area (Å²) in [6, 6.07) is 0.349. The molecule has 0 unspecified atom stereocenters. The molecule has 4 nitrogen and oxygen atoms in total. The minimum absolute atomic E-state index is 0.342. The van der Waals surface area contributed by atoms with Crippen LogP contribution < -0.4 is 0 Å². The van der Waals surface area contributed by atoms with Gasteiger partial charge in [0.1, 0.15) is 16.9 Å². The Bertz CT molecular complexity index is 552. The molecule has 0 aliphatic heterocycles. The van der Waals surface area contributed by atoms with E-state index in [1.54, 1.807) is 0 Å². The van der Waals surface area contributed by atoms with Crippen LogP contribution in [0.4, 0.5) is 0 Å². The average Bonchev–Trinajstić information content (AvgIpc) is 2.70. The first-order valence-electron chi connectivity index (χ1n) is 6.66. The van der Waals surface area contributed by atoms with E-state index < -0.39 is 0 Å². The maximum absolute atomic E-state index is 4.69. The molecule has 0 aliphatic rings. The Kier molecular flexibility index (Phi) is 3.37. The van der Waals surface area contributed by atoms with Crippen LogP contribution in [0.3, 0.4) is 0 Å². The lowest BCUT2D eigenvalue weighted by Gasteiger charge is -2.09. The van der Waals surface area contributed by atoms with Gasteiger partial charge < -0.3 is 0 Å². The summed E-state index contributed by atoms with van der Waals surface area (Å²) in [7, 11) is 0. The van der Waals surface area contributed by atoms with E-state index in [2.05, 4.69) is 56.6 Å². The van der Waals surface area contributed by atoms with Gasteiger partial charge in [0.25, 0.3) is 0 Å². The lowest BCUT2D eigenvalue weighted by molar-refractivity contribution is 0.536. The lowest BCUT2D eigenvalue weighted by atomic mass is 10.1. The predicted octanol–water partition coefficient (Wildman–Crippen LogP) is 3.65. The molecule has 0 amide bonds. The summed E-state index contributed by atoms with van der Waals surface area (Å²) in [5.74, 6) is 1.62. The van der Waals surface area contributed by atoms with Gasteiger partial charge >= 0.3 is 0 Å². The van der Waals surface area contributed by atoms with E-state index in [0.29, 0.717) is 17.9 Å². The van der Waals surface area contributed by atoms with E-state index in [0.717, 1.165) is 22.6 Å². The van der Waals surface area contributed by atoms with Gasteiger partial charge in [0.15, 0.2) is 0 Å². The van der Waals surface area contributed by atoms with Crippen molar-refractivity contribution in [2.45, 2.75) is 59.4 Å². The Morgan fingerprint density at radius 2 is 1.61 bits per heavy atom. The van der Waals surface area contributed by atoms with Crippen molar-refractivity contribution in [2.24, 2.45) is 0 Å². The van der Waals surface area contributed by atoms with Gasteiger partial charge in [-0.3, -0.25) is 4.68 Å². The summed E-state index contributed by atoms with van der Waals surface area (Å²) >= 11 is 0. The molecular formula is C14H22N4. The smallest absolute Gasteiger partial charge is 0.133 e. The largest absolute Gasteiger partial charge is 0.267 e. The molecule has 2 rings (SSSR count). The van der Waals surface area contributed by atoms with Gasteiger partial charge in [-0.1, -0.05) is 27.7 Å². The van der Waals surface area contributed by atoms with Gasteiger partial charge in [0.2, 0.25) is 0 Å². The lowest BCUT2D eigenvalue weighted by Crippen LogP contribution is -2.04. The van der Waals surface area contributed by atoms with Crippen LogP contribution >= 0.6 is 0 Å². The van der Waals surface area contributed by atoms with E-state index in [4.69, 9.17) is 0 Å². The standard InChI is InChI=1S/C14H22N4/c1-8(2)12-13-11(7-18(17-13)10(5)6)15-14(16-12)9(3)4/h7-10H,1-6H3. The normalized spacial score (nSPS) is 12.3. The highest BCUT2D eigenvalue weighted by atomic mass is 15.3. The summed E-state index contributed by atoms with van der Waals surface area (Å²) in [6.45, 7) is 12.8. The van der Waals surface area contributed by atoms with E-state index in [-0.39, 0.29) is 0 Å². The number of hydrogen-bond donors (Lipinski definition) is 0. The maximum Gasteiger partial charge on any atom is 0.133 e. The molecule has 0 saturated heterocycles. The third-order valence-corrected chi connectivity index (χ3v) is 3.02. The van der Waals surface area contributed by atoms with Gasteiger partial charge in [-0.25, -0.2) is 9.97 Å². The van der Waals surface area contributed by atoms with Crippen molar-refractivity contribution in [1.82, 2.24) is 19.7 Å². The van der Waals surface area contributed by atoms with Crippen LogP contribution in [0.5, 0.6) is 0 Å². The van der Waals surface area contributed by atoms with Crippen LogP contribution in [0.25, 0.3) is 11.0 Å². The first-order valence-corrected chi connectivity index (χ1v) is 6.66. The van der Waals surface area contributed by atoms with E-state index >= 15 is 0 Å². The van der Waals surface area contributed by atoms with Crippen LogP contribution in [0, 0.1) is 0 Å². The van der Waals surface area contributed by atoms with Crippen molar-refractivity contribution < 1.29 is 0 Å². The fraction of sp³-hybridized carbons (Fsp3) is 0.643. The monoisotopic (exact) mass is 246 g/mol. The van der Waals surface area contributed by atoms with Crippen molar-refractivity contribution in [2.75, 3.05) is 0 Å². The van der Waals surface area contributed by atoms with E-state index in [9.17, 15) is 0 Å². The molecule has 18 heavy (non-hydrogen) atoms. The number of fused-ring (bicyclic) bond motifs is 1. The quantitative estimate of drug-likeness (QED) is 0.830. The molecule has 0 N–H and O–H groups in total. The third kappa shape index (κ3) is 2.24. The second-order valence-corrected chi connectivity index (χ2v) is 5.71. The average molecular weight is 246 g/mol. The minimum Gasteiger partial charge on any atom is -0.267 e. The number of aromatic nitrogens is 4. The SMILES string of the molecule is CC(C)c1nc(C(C)C)c2nn(C(C)C)cc2n1. The second kappa shape index (κ2) is 4.67. The Hall–Kier alpha value is -1.45. The fourth-order valence-corrected chi connectivity index (χ4v) is 1.90. The van der Waals surface area contributed by atoms with Gasteiger partial charge in [-0.2, -0.15) is 5.10 Å². The summed E-state index contributed by atoms with van der Waals surface area (Å²) in [5, 5.41) is 4.63. The molecule has 0 spiro atoms. The fourth-order valence-electron chi connectivity index (χ4n) is 1.90. The van der Waals surface area contributed by atoms with Gasteiger partial charge in [0, 0.05) is 12.0 Å². The zero-order chi connectivity index (χ0) is 13.4. The number of rotatable bonds is 3. The van der Waals surface area contributed by atoms with Gasteiger partial charge in [0.05, 0.1) is 11.9 Å². The van der Waals surface area contributed by atoms with Gasteiger partial charge in [-0.15, -0.1) is 0 Å². The number of hydrogen-bond acceptors (Lipinski definition) is 3. The van der Waals surface area contributed by atoms with Crippen LogP contribution in [0.2, 0.25) is 0 Å². The Balaban J connectivity index is 2.69. The maximum atomic E-state index is 4.69. The Morgan fingerprint density at radius 3 is 2.11 bits per heavy atom. The van der Waals surface area contributed by atoms with Crippen LogP contribution in [0.15, 0.2) is 6.20 Å². The molecule has 2 aromatic rings. The van der Waals surface area contributed by atoms with Crippen molar-refractivity contribution in [1.29, 1.82) is 0 Å². The summed E-state index contributed by atoms with van der Waals surface area (Å²) in [5.41, 5.74) is 2.97. The molecule has 0 fully saturated rings. The molecule has 0 saturated carbocycles. The Morgan fingerprint density at radius 1 is 0.944 bits per heavy atom. The molecular weight excluding hydrogens is 224 g/mol. The molecule has 0 atom stereocenters.